The Morgan fingerprint density at radius 3 is 1.33 bits per heavy atom. The van der Waals surface area contributed by atoms with Gasteiger partial charge in [-0.25, -0.2) is 0 Å². The summed E-state index contributed by atoms with van der Waals surface area (Å²) in [6.07, 6.45) is 0. The van der Waals surface area contributed by atoms with Crippen molar-refractivity contribution < 1.29 is 64.8 Å². The minimum absolute atomic E-state index is 0. The van der Waals surface area contributed by atoms with Crippen LogP contribution >= 0.6 is 0 Å². The third-order valence-corrected chi connectivity index (χ3v) is 0. The van der Waals surface area contributed by atoms with Crippen molar-refractivity contribution in [2.75, 3.05) is 0 Å². The quantitative estimate of drug-likeness (QED) is 0.321. The van der Waals surface area contributed by atoms with Gasteiger partial charge in [-0.05, 0) is 0 Å². The summed E-state index contributed by atoms with van der Waals surface area (Å²) < 4.78 is 33.2. The molecule has 0 atom stereocenters. The Hall–Kier alpha value is 1.57. The first-order valence-electron chi connectivity index (χ1n) is 0.632. The maximum atomic E-state index is 8.73. The van der Waals surface area contributed by atoms with Crippen molar-refractivity contribution in [2.45, 2.75) is 0 Å². The van der Waals surface area contributed by atoms with Gasteiger partial charge in [0.1, 0.15) is 0 Å². The average molecular weight is 216 g/mol. The van der Waals surface area contributed by atoms with Gasteiger partial charge in [0.05, 0.1) is 0 Å². The summed E-state index contributed by atoms with van der Waals surface area (Å²) in [7, 11) is 0. The minimum atomic E-state index is -5.69. The first kappa shape index (κ1) is 10.5. The zero-order chi connectivity index (χ0) is 4.50. The second-order valence-corrected chi connectivity index (χ2v) is 2.66. The fraction of sp³-hybridized carbons (Fsp3) is 0. The van der Waals surface area contributed by atoms with Crippen LogP contribution in [0.1, 0.15) is 1.43 Å². The van der Waals surface area contributed by atoms with Crippen molar-refractivity contribution in [1.29, 1.82) is 0 Å². The second kappa shape index (κ2) is 3.56. The topological polar surface area (TPSA) is 89.4 Å². The summed E-state index contributed by atoms with van der Waals surface area (Å²) in [4.78, 5) is 0. The Morgan fingerprint density at radius 1 is 1.33 bits per heavy atom. The first-order chi connectivity index (χ1) is 2.00. The van der Waals surface area contributed by atoms with E-state index >= 15 is 0 Å². The van der Waals surface area contributed by atoms with E-state index < -0.39 is 20.1 Å². The van der Waals surface area contributed by atoms with Gasteiger partial charge in [-0.2, -0.15) is 0 Å². The molecule has 1 N–H and O–H groups in total. The maximum absolute atomic E-state index is 8.73. The summed E-state index contributed by atoms with van der Waals surface area (Å²) in [5, 5.41) is 0. The van der Waals surface area contributed by atoms with Crippen molar-refractivity contribution in [3.8, 4) is 0 Å². The van der Waals surface area contributed by atoms with E-state index in [4.69, 9.17) is 13.7 Å². The Balaban J connectivity index is -0.0000000800. The largest absolute Gasteiger partial charge is 1.00 e. The van der Waals surface area contributed by atoms with Gasteiger partial charge in [0.2, 0.25) is 0 Å². The van der Waals surface area contributed by atoms with Crippen LogP contribution in [0.25, 0.3) is 0 Å². The molecule has 0 saturated heterocycles. The average Bonchev–Trinajstić information content (AvgIpc) is 0.722. The van der Waals surface area contributed by atoms with Gasteiger partial charge in [-0.3, -0.25) is 10.3 Å². The van der Waals surface area contributed by atoms with Crippen LogP contribution in [0.5, 0.6) is 0 Å². The predicted octanol–water partition coefficient (Wildman–Crippen LogP) is -10.0. The summed E-state index contributed by atoms with van der Waals surface area (Å²) in [5.41, 5.74) is 0. The van der Waals surface area contributed by atoms with E-state index in [-0.39, 0.29) is 31.0 Å². The van der Waals surface area contributed by atoms with E-state index in [1.54, 1.807) is 0 Å². The molecule has 32 valence electrons. The van der Waals surface area contributed by atoms with Crippen LogP contribution in [0.3, 0.4) is 0 Å². The monoisotopic (exact) mass is 216 g/mol. The van der Waals surface area contributed by atoms with Crippen LogP contribution in [0.15, 0.2) is 0 Å². The molecule has 0 aromatic heterocycles. The molecule has 6 heavy (non-hydrogen) atoms. The molecule has 0 radical (unpaired) electrons. The van der Waals surface area contributed by atoms with Crippen molar-refractivity contribution >= 4 is 0 Å². The summed E-state index contributed by atoms with van der Waals surface area (Å²) >= 11 is -5.69. The molecule has 0 spiro atoms. The van der Waals surface area contributed by atoms with Crippen LogP contribution in [0.4, 0.5) is 0 Å². The molecule has 0 aromatic rings. The maximum Gasteiger partial charge on any atom is 1.00 e. The summed E-state index contributed by atoms with van der Waals surface area (Å²) in [6.45, 7) is 0. The third-order valence-electron chi connectivity index (χ3n) is 0. The Bertz CT molecular complexity index is 27.2. The fourth-order valence-corrected chi connectivity index (χ4v) is 0. The van der Waals surface area contributed by atoms with Crippen LogP contribution in [-0.2, 0) is 0 Å². The molecule has 0 aliphatic carbocycles. The molecule has 4 nitrogen and oxygen atoms in total. The predicted molar refractivity (Wildman–Crippen MR) is 3.33 cm³/mol. The van der Waals surface area contributed by atoms with E-state index in [0.29, 0.717) is 0 Å². The molecular weight excluding hydrogens is 214 g/mol. The van der Waals surface area contributed by atoms with Gasteiger partial charge in [0, 0.05) is 3.44 Å². The molecule has 0 amide bonds. The molecule has 0 unspecified atom stereocenters. The molecule has 0 aromatic carbocycles. The molecule has 0 aliphatic rings. The second-order valence-electron chi connectivity index (χ2n) is 0.396. The molecule has 0 bridgehead atoms. The van der Waals surface area contributed by atoms with Crippen molar-refractivity contribution in [2.24, 2.45) is 0 Å². The molecule has 0 heterocycles. The zero-order valence-corrected chi connectivity index (χ0v) is 7.21. The van der Waals surface area contributed by atoms with Crippen LogP contribution in [0.2, 0.25) is 0 Å². The van der Waals surface area contributed by atoms with E-state index in [0.717, 1.165) is 0 Å². The van der Waals surface area contributed by atoms with Gasteiger partial charge in [-0.1, -0.05) is 0 Å². The van der Waals surface area contributed by atoms with Crippen LogP contribution in [-0.4, -0.2) is 3.44 Å². The van der Waals surface area contributed by atoms with E-state index in [2.05, 4.69) is 0 Å². The SMILES string of the molecule is [H+].[Na+].[O-][I+3]([O-])([O-])O. The molecule has 0 aliphatic heterocycles. The van der Waals surface area contributed by atoms with Crippen LogP contribution < -0.4 is 60.0 Å². The normalized spacial score (nSPS) is 10.0. The molecular formula is H2INaO4+2. The standard InChI is InChI=1S/HIO4.Na/c2-1(3,4)5;/h2H;/q;+1/p+1. The third kappa shape index (κ3) is 47.2. The molecule has 6 heteroatoms. The van der Waals surface area contributed by atoms with Gasteiger partial charge in [0.25, 0.3) is 0 Å². The first-order valence-corrected chi connectivity index (χ1v) is 4.24. The Morgan fingerprint density at radius 2 is 1.33 bits per heavy atom. The van der Waals surface area contributed by atoms with Gasteiger partial charge < -0.3 is 0 Å². The Labute approximate surface area is 64.3 Å². The van der Waals surface area contributed by atoms with Gasteiger partial charge in [0.15, 0.2) is 0 Å². The van der Waals surface area contributed by atoms with E-state index in [9.17, 15) is 0 Å². The van der Waals surface area contributed by atoms with Crippen molar-refractivity contribution in [1.82, 2.24) is 0 Å². The van der Waals surface area contributed by atoms with Gasteiger partial charge in [-0.15, -0.1) is 0 Å². The summed E-state index contributed by atoms with van der Waals surface area (Å²) in [6, 6.07) is 0. The molecule has 0 rings (SSSR count). The van der Waals surface area contributed by atoms with E-state index in [1.807, 2.05) is 0 Å². The smallest absolute Gasteiger partial charge is 0.256 e. The molecule has 0 fully saturated rings. The van der Waals surface area contributed by atoms with Crippen molar-refractivity contribution in [3.63, 3.8) is 0 Å². The Kier molecular flexibility index (Phi) is 6.24. The van der Waals surface area contributed by atoms with Crippen molar-refractivity contribution in [3.05, 3.63) is 0 Å². The number of halogens is 1. The number of hydrogen-bond acceptors (Lipinski definition) is 4. The summed E-state index contributed by atoms with van der Waals surface area (Å²) in [5.74, 6) is 0. The van der Waals surface area contributed by atoms with Gasteiger partial charge >= 0.3 is 51.1 Å². The van der Waals surface area contributed by atoms with Crippen LogP contribution in [0, 0.1) is 0 Å². The minimum Gasteiger partial charge on any atom is -0.256 e. The zero-order valence-electron chi connectivity index (χ0n) is 4.05. The van der Waals surface area contributed by atoms with E-state index in [1.165, 1.54) is 0 Å². The molecule has 0 saturated carbocycles. The number of rotatable bonds is 0. The number of hydrogen-bond donors (Lipinski definition) is 1. The fourth-order valence-electron chi connectivity index (χ4n) is 0.